The Morgan fingerprint density at radius 2 is 1.95 bits per heavy atom. The van der Waals surface area contributed by atoms with Crippen molar-refractivity contribution in [2.75, 3.05) is 18.6 Å². The predicted molar refractivity (Wildman–Crippen MR) is 83.1 cm³/mol. The number of benzene rings is 2. The van der Waals surface area contributed by atoms with E-state index in [0.717, 1.165) is 6.42 Å². The Balaban J connectivity index is 2.19. The van der Waals surface area contributed by atoms with Crippen molar-refractivity contribution in [2.24, 2.45) is 0 Å². The van der Waals surface area contributed by atoms with Crippen molar-refractivity contribution < 1.29 is 14.6 Å². The highest BCUT2D eigenvalue weighted by molar-refractivity contribution is 6.06. The molecule has 21 heavy (non-hydrogen) atoms. The zero-order chi connectivity index (χ0) is 15.2. The van der Waals surface area contributed by atoms with E-state index in [1.165, 1.54) is 4.90 Å². The minimum absolute atomic E-state index is 0.132. The van der Waals surface area contributed by atoms with Gasteiger partial charge in [0.05, 0.1) is 6.61 Å². The van der Waals surface area contributed by atoms with E-state index in [9.17, 15) is 9.90 Å². The van der Waals surface area contributed by atoms with Crippen LogP contribution in [0.3, 0.4) is 0 Å². The quantitative estimate of drug-likeness (QED) is 0.915. The Morgan fingerprint density at radius 3 is 2.67 bits per heavy atom. The van der Waals surface area contributed by atoms with Crippen LogP contribution >= 0.6 is 0 Å². The lowest BCUT2D eigenvalue weighted by Crippen LogP contribution is -2.26. The summed E-state index contributed by atoms with van der Waals surface area (Å²) in [5, 5.41) is 9.50. The normalized spacial score (nSPS) is 10.2. The maximum atomic E-state index is 12.5. The first-order valence-corrected chi connectivity index (χ1v) is 6.91. The average molecular weight is 285 g/mol. The minimum Gasteiger partial charge on any atom is -0.508 e. The number of amides is 1. The molecule has 0 unspecified atom stereocenters. The molecule has 110 valence electrons. The Bertz CT molecular complexity index is 625. The molecule has 0 heterocycles. The van der Waals surface area contributed by atoms with Crippen molar-refractivity contribution in [3.63, 3.8) is 0 Å². The molecule has 4 heteroatoms. The van der Waals surface area contributed by atoms with Gasteiger partial charge in [0.2, 0.25) is 0 Å². The second kappa shape index (κ2) is 6.79. The molecule has 2 aromatic rings. The van der Waals surface area contributed by atoms with E-state index >= 15 is 0 Å². The van der Waals surface area contributed by atoms with Crippen molar-refractivity contribution in [1.82, 2.24) is 0 Å². The van der Waals surface area contributed by atoms with Crippen LogP contribution in [0.5, 0.6) is 11.5 Å². The summed E-state index contributed by atoms with van der Waals surface area (Å²) < 4.78 is 5.54. The number of hydrogen-bond donors (Lipinski definition) is 1. The number of ether oxygens (including phenoxy) is 1. The fraction of sp³-hybridized carbons (Fsp3) is 0.235. The van der Waals surface area contributed by atoms with E-state index in [1.54, 1.807) is 49.5 Å². The van der Waals surface area contributed by atoms with Crippen LogP contribution in [-0.2, 0) is 0 Å². The average Bonchev–Trinajstić information content (AvgIpc) is 2.51. The van der Waals surface area contributed by atoms with Crippen molar-refractivity contribution in [3.05, 3.63) is 54.1 Å². The van der Waals surface area contributed by atoms with Gasteiger partial charge < -0.3 is 14.7 Å². The fourth-order valence-electron chi connectivity index (χ4n) is 1.95. The molecule has 1 amide bonds. The molecular formula is C17H19NO3. The lowest BCUT2D eigenvalue weighted by Gasteiger charge is -2.18. The Kier molecular flexibility index (Phi) is 4.82. The second-order valence-electron chi connectivity index (χ2n) is 4.76. The van der Waals surface area contributed by atoms with Gasteiger partial charge in [-0.05, 0) is 36.8 Å². The second-order valence-corrected chi connectivity index (χ2v) is 4.76. The summed E-state index contributed by atoms with van der Waals surface area (Å²) in [7, 11) is 1.68. The van der Waals surface area contributed by atoms with E-state index in [2.05, 4.69) is 0 Å². The van der Waals surface area contributed by atoms with Crippen LogP contribution < -0.4 is 9.64 Å². The van der Waals surface area contributed by atoms with Gasteiger partial charge in [0, 0.05) is 24.4 Å². The third-order valence-corrected chi connectivity index (χ3v) is 3.08. The molecule has 0 aliphatic rings. The van der Waals surface area contributed by atoms with Gasteiger partial charge in [-0.1, -0.05) is 19.1 Å². The van der Waals surface area contributed by atoms with Crippen LogP contribution in [-0.4, -0.2) is 24.7 Å². The molecule has 1 N–H and O–H groups in total. The standard InChI is InChI=1S/C17H19NO3/c1-3-10-21-16-9-4-6-13(11-16)17(20)18(2)14-7-5-8-15(19)12-14/h4-9,11-12,19H,3,10H2,1-2H3. The van der Waals surface area contributed by atoms with Crippen LogP contribution in [0.25, 0.3) is 0 Å². The third kappa shape index (κ3) is 3.75. The molecular weight excluding hydrogens is 266 g/mol. The smallest absolute Gasteiger partial charge is 0.258 e. The molecule has 0 aliphatic heterocycles. The lowest BCUT2D eigenvalue weighted by molar-refractivity contribution is 0.0992. The number of rotatable bonds is 5. The zero-order valence-corrected chi connectivity index (χ0v) is 12.2. The maximum Gasteiger partial charge on any atom is 0.258 e. The SMILES string of the molecule is CCCOc1cccc(C(=O)N(C)c2cccc(O)c2)c1. The molecule has 0 saturated heterocycles. The fourth-order valence-corrected chi connectivity index (χ4v) is 1.95. The van der Waals surface area contributed by atoms with Crippen molar-refractivity contribution in [2.45, 2.75) is 13.3 Å². The van der Waals surface area contributed by atoms with Gasteiger partial charge in [0.25, 0.3) is 5.91 Å². The van der Waals surface area contributed by atoms with Gasteiger partial charge in [-0.15, -0.1) is 0 Å². The monoisotopic (exact) mass is 285 g/mol. The number of carbonyl (C=O) groups is 1. The van der Waals surface area contributed by atoms with Crippen LogP contribution in [0.15, 0.2) is 48.5 Å². The Labute approximate surface area is 124 Å². The number of phenolic OH excluding ortho intramolecular Hbond substituents is 1. The predicted octanol–water partition coefficient (Wildman–Crippen LogP) is 3.46. The molecule has 2 rings (SSSR count). The highest BCUT2D eigenvalue weighted by Crippen LogP contribution is 2.22. The zero-order valence-electron chi connectivity index (χ0n) is 12.2. The van der Waals surface area contributed by atoms with Gasteiger partial charge in [-0.3, -0.25) is 4.79 Å². The molecule has 0 atom stereocenters. The number of hydrogen-bond acceptors (Lipinski definition) is 3. The molecule has 2 aromatic carbocycles. The highest BCUT2D eigenvalue weighted by atomic mass is 16.5. The third-order valence-electron chi connectivity index (χ3n) is 3.08. The number of aromatic hydroxyl groups is 1. The first-order valence-electron chi connectivity index (χ1n) is 6.91. The Hall–Kier alpha value is -2.49. The van der Waals surface area contributed by atoms with Gasteiger partial charge in [0.15, 0.2) is 0 Å². The summed E-state index contributed by atoms with van der Waals surface area (Å²) >= 11 is 0. The van der Waals surface area contributed by atoms with E-state index in [0.29, 0.717) is 23.6 Å². The molecule has 0 radical (unpaired) electrons. The summed E-state index contributed by atoms with van der Waals surface area (Å²) in [5.41, 5.74) is 1.19. The Morgan fingerprint density at radius 1 is 1.19 bits per heavy atom. The lowest BCUT2D eigenvalue weighted by atomic mass is 10.1. The molecule has 0 fully saturated rings. The van der Waals surface area contributed by atoms with E-state index in [1.807, 2.05) is 13.0 Å². The number of anilines is 1. The van der Waals surface area contributed by atoms with Crippen LogP contribution in [0.2, 0.25) is 0 Å². The van der Waals surface area contributed by atoms with E-state index in [4.69, 9.17) is 4.74 Å². The topological polar surface area (TPSA) is 49.8 Å². The van der Waals surface area contributed by atoms with Crippen molar-refractivity contribution in [1.29, 1.82) is 0 Å². The summed E-state index contributed by atoms with van der Waals surface area (Å²) in [5.74, 6) is 0.668. The summed E-state index contributed by atoms with van der Waals surface area (Å²) in [6.07, 6.45) is 0.918. The van der Waals surface area contributed by atoms with Crippen LogP contribution in [0.1, 0.15) is 23.7 Å². The molecule has 0 aliphatic carbocycles. The van der Waals surface area contributed by atoms with Gasteiger partial charge >= 0.3 is 0 Å². The first kappa shape index (κ1) is 14.9. The van der Waals surface area contributed by atoms with E-state index < -0.39 is 0 Å². The molecule has 0 bridgehead atoms. The van der Waals surface area contributed by atoms with Gasteiger partial charge in [-0.2, -0.15) is 0 Å². The summed E-state index contributed by atoms with van der Waals surface area (Å²) in [6, 6.07) is 13.7. The number of phenols is 1. The van der Waals surface area contributed by atoms with Crippen molar-refractivity contribution >= 4 is 11.6 Å². The molecule has 0 aromatic heterocycles. The number of carbonyl (C=O) groups excluding carboxylic acids is 1. The largest absolute Gasteiger partial charge is 0.508 e. The molecule has 0 saturated carbocycles. The summed E-state index contributed by atoms with van der Waals surface area (Å²) in [4.78, 5) is 14.0. The maximum absolute atomic E-state index is 12.5. The van der Waals surface area contributed by atoms with Crippen LogP contribution in [0.4, 0.5) is 5.69 Å². The van der Waals surface area contributed by atoms with Gasteiger partial charge in [0.1, 0.15) is 11.5 Å². The van der Waals surface area contributed by atoms with Gasteiger partial charge in [-0.25, -0.2) is 0 Å². The van der Waals surface area contributed by atoms with Crippen molar-refractivity contribution in [3.8, 4) is 11.5 Å². The highest BCUT2D eigenvalue weighted by Gasteiger charge is 2.14. The number of nitrogens with zero attached hydrogens (tertiary/aromatic N) is 1. The van der Waals surface area contributed by atoms with Crippen LogP contribution in [0, 0.1) is 0 Å². The molecule has 0 spiro atoms. The van der Waals surface area contributed by atoms with E-state index in [-0.39, 0.29) is 11.7 Å². The summed E-state index contributed by atoms with van der Waals surface area (Å²) in [6.45, 7) is 2.66. The molecule has 4 nitrogen and oxygen atoms in total. The first-order chi connectivity index (χ1) is 10.1. The minimum atomic E-state index is -0.150.